The molecule has 1 fully saturated rings. The molecule has 0 saturated carbocycles. The van der Waals surface area contributed by atoms with Crippen molar-refractivity contribution < 1.29 is 41.4 Å². The average Bonchev–Trinajstić information content (AvgIpc) is 2.29. The molecule has 1 saturated heterocycles. The number of hydrogen-bond acceptors (Lipinski definition) is 4. The van der Waals surface area contributed by atoms with Crippen molar-refractivity contribution in [2.75, 3.05) is 13.2 Å². The molecule has 1 unspecified atom stereocenters. The molecule has 128 valence electrons. The minimum atomic E-state index is -0.167. The summed E-state index contributed by atoms with van der Waals surface area (Å²) in [7, 11) is 0. The molecule has 0 radical (unpaired) electrons. The van der Waals surface area contributed by atoms with E-state index in [9.17, 15) is 0 Å². The molecule has 4 nitrogen and oxygen atoms in total. The van der Waals surface area contributed by atoms with Crippen LogP contribution in [0.4, 0.5) is 0 Å². The third-order valence-corrected chi connectivity index (χ3v) is 1.84. The standard InChI is InChI=1S/C9H17O2.2C3H8O.CH3.Ti/c1-2-3-7-10-9-6-4-5-8-11-9;2*1-3(2)4;;/h9H,1-8H2;2*3-4H,1-2H3;1H3;/q-1;;;-1;+2. The number of ether oxygens (including phenoxy) is 2. The van der Waals surface area contributed by atoms with Gasteiger partial charge < -0.3 is 34.0 Å². The van der Waals surface area contributed by atoms with Gasteiger partial charge in [0.2, 0.25) is 0 Å². The van der Waals surface area contributed by atoms with Crippen LogP contribution in [0.2, 0.25) is 0 Å². The monoisotopic (exact) mass is 340 g/mol. The van der Waals surface area contributed by atoms with E-state index in [0.717, 1.165) is 32.5 Å². The second kappa shape index (κ2) is 22.8. The zero-order valence-electron chi connectivity index (χ0n) is 14.6. The van der Waals surface area contributed by atoms with E-state index in [4.69, 9.17) is 19.7 Å². The van der Waals surface area contributed by atoms with Crippen LogP contribution < -0.4 is 0 Å². The fraction of sp³-hybridized carbons (Fsp3) is 0.875. The summed E-state index contributed by atoms with van der Waals surface area (Å²) in [6, 6.07) is 0. The molecule has 5 heteroatoms. The van der Waals surface area contributed by atoms with Gasteiger partial charge in [-0.15, -0.1) is 0 Å². The van der Waals surface area contributed by atoms with Gasteiger partial charge in [-0.25, -0.2) is 0 Å². The molecule has 1 atom stereocenters. The Hall–Kier alpha value is 0.554. The Bertz CT molecular complexity index is 149. The van der Waals surface area contributed by atoms with Crippen molar-refractivity contribution in [2.24, 2.45) is 0 Å². The second-order valence-corrected chi connectivity index (χ2v) is 5.06. The van der Waals surface area contributed by atoms with Gasteiger partial charge >= 0.3 is 21.7 Å². The number of rotatable bonds is 4. The van der Waals surface area contributed by atoms with E-state index < -0.39 is 0 Å². The fourth-order valence-corrected chi connectivity index (χ4v) is 1.16. The topological polar surface area (TPSA) is 58.9 Å². The molecule has 0 aromatic carbocycles. The van der Waals surface area contributed by atoms with Crippen molar-refractivity contribution in [3.8, 4) is 0 Å². The van der Waals surface area contributed by atoms with E-state index in [0.29, 0.717) is 0 Å². The molecular formula is C16H36O4Ti. The van der Waals surface area contributed by atoms with E-state index in [1.807, 2.05) is 0 Å². The minimum Gasteiger partial charge on any atom is -0.394 e. The van der Waals surface area contributed by atoms with Gasteiger partial charge in [0.1, 0.15) is 0 Å². The molecule has 0 bridgehead atoms. The number of hydrogen-bond donors (Lipinski definition) is 2. The van der Waals surface area contributed by atoms with Gasteiger partial charge in [0, 0.05) is 25.4 Å². The quantitative estimate of drug-likeness (QED) is 0.468. The normalized spacial score (nSPS) is 16.7. The summed E-state index contributed by atoms with van der Waals surface area (Å²) in [6.45, 7) is 12.3. The van der Waals surface area contributed by atoms with Crippen LogP contribution in [-0.2, 0) is 31.2 Å². The van der Waals surface area contributed by atoms with Crippen LogP contribution in [0, 0.1) is 14.4 Å². The van der Waals surface area contributed by atoms with Crippen LogP contribution >= 0.6 is 0 Å². The number of aliphatic hydroxyl groups is 2. The van der Waals surface area contributed by atoms with Gasteiger partial charge in [-0.2, -0.15) is 6.42 Å². The first kappa shape index (κ1) is 29.6. The molecule has 0 aliphatic carbocycles. The van der Waals surface area contributed by atoms with Crippen molar-refractivity contribution in [2.45, 2.75) is 78.3 Å². The summed E-state index contributed by atoms with van der Waals surface area (Å²) in [6.07, 6.45) is 5.24. The largest absolute Gasteiger partial charge is 2.00 e. The molecule has 0 amide bonds. The summed E-state index contributed by atoms with van der Waals surface area (Å²) < 4.78 is 10.8. The average molecular weight is 340 g/mol. The summed E-state index contributed by atoms with van der Waals surface area (Å²) >= 11 is 0. The first-order chi connectivity index (χ1) is 8.90. The van der Waals surface area contributed by atoms with E-state index in [2.05, 4.69) is 6.92 Å². The van der Waals surface area contributed by atoms with Crippen molar-refractivity contribution in [3.63, 3.8) is 0 Å². The molecule has 21 heavy (non-hydrogen) atoms. The van der Waals surface area contributed by atoms with Gasteiger partial charge in [-0.05, 0) is 47.0 Å². The zero-order chi connectivity index (χ0) is 15.1. The Morgan fingerprint density at radius 2 is 1.62 bits per heavy atom. The fourth-order valence-electron chi connectivity index (χ4n) is 1.16. The molecule has 1 aliphatic rings. The summed E-state index contributed by atoms with van der Waals surface area (Å²) in [5.74, 6) is 0. The van der Waals surface area contributed by atoms with Crippen LogP contribution in [0.15, 0.2) is 0 Å². The molecule has 1 aliphatic heterocycles. The molecule has 0 spiro atoms. The van der Waals surface area contributed by atoms with Crippen molar-refractivity contribution in [1.29, 1.82) is 0 Å². The molecule has 0 aromatic heterocycles. The first-order valence-corrected chi connectivity index (χ1v) is 7.28. The van der Waals surface area contributed by atoms with Crippen LogP contribution in [0.25, 0.3) is 0 Å². The predicted molar refractivity (Wildman–Crippen MR) is 85.3 cm³/mol. The van der Waals surface area contributed by atoms with E-state index in [1.54, 1.807) is 27.7 Å². The van der Waals surface area contributed by atoms with Crippen LogP contribution in [-0.4, -0.2) is 41.9 Å². The van der Waals surface area contributed by atoms with Crippen LogP contribution in [0.5, 0.6) is 0 Å². The van der Waals surface area contributed by atoms with Gasteiger partial charge in [0.05, 0.1) is 0 Å². The van der Waals surface area contributed by atoms with Crippen molar-refractivity contribution in [3.05, 3.63) is 14.4 Å². The number of unbranched alkanes of at least 4 members (excludes halogenated alkanes) is 1. The smallest absolute Gasteiger partial charge is 0.394 e. The Labute approximate surface area is 147 Å². The molecular weight excluding hydrogens is 304 g/mol. The Kier molecular flexibility index (Phi) is 32.1. The predicted octanol–water partition coefficient (Wildman–Crippen LogP) is 3.37. The number of aliphatic hydroxyl groups excluding tert-OH is 2. The van der Waals surface area contributed by atoms with Gasteiger partial charge in [0.25, 0.3) is 0 Å². The zero-order valence-corrected chi connectivity index (χ0v) is 16.2. The first-order valence-electron chi connectivity index (χ1n) is 7.28. The summed E-state index contributed by atoms with van der Waals surface area (Å²) in [4.78, 5) is 0. The maximum absolute atomic E-state index is 8.06. The second-order valence-electron chi connectivity index (χ2n) is 5.06. The van der Waals surface area contributed by atoms with Crippen molar-refractivity contribution >= 4 is 0 Å². The maximum atomic E-state index is 8.06. The maximum Gasteiger partial charge on any atom is 2.00 e. The minimum absolute atomic E-state index is 0. The van der Waals surface area contributed by atoms with Gasteiger partial charge in [-0.1, -0.05) is 6.42 Å². The van der Waals surface area contributed by atoms with Gasteiger partial charge in [0.15, 0.2) is 6.29 Å². The molecule has 2 N–H and O–H groups in total. The third kappa shape index (κ3) is 38.5. The summed E-state index contributed by atoms with van der Waals surface area (Å²) in [5, 5.41) is 16.1. The van der Waals surface area contributed by atoms with Crippen LogP contribution in [0.1, 0.15) is 59.8 Å². The Morgan fingerprint density at radius 3 is 1.95 bits per heavy atom. The van der Waals surface area contributed by atoms with Crippen molar-refractivity contribution in [1.82, 2.24) is 0 Å². The van der Waals surface area contributed by atoms with Crippen LogP contribution in [0.3, 0.4) is 0 Å². The molecule has 1 heterocycles. The van der Waals surface area contributed by atoms with E-state index in [-0.39, 0.29) is 47.6 Å². The van der Waals surface area contributed by atoms with E-state index in [1.165, 1.54) is 12.8 Å². The van der Waals surface area contributed by atoms with Gasteiger partial charge in [-0.3, -0.25) is 0 Å². The molecule has 1 rings (SSSR count). The Balaban J connectivity index is -0.000000123. The molecule has 0 aromatic rings. The SMILES string of the molecule is CC(C)O.CC(C)O.[CH2-]CCCOC1CCCCO1.[CH3-].[Ti+2]. The summed E-state index contributed by atoms with van der Waals surface area (Å²) in [5.41, 5.74) is 0. The van der Waals surface area contributed by atoms with E-state index >= 15 is 0 Å². The third-order valence-electron chi connectivity index (χ3n) is 1.84. The Morgan fingerprint density at radius 1 is 1.14 bits per heavy atom.